The van der Waals surface area contributed by atoms with Gasteiger partial charge in [0.2, 0.25) is 0 Å². The van der Waals surface area contributed by atoms with Gasteiger partial charge in [-0.3, -0.25) is 14.5 Å². The van der Waals surface area contributed by atoms with Gasteiger partial charge in [-0.25, -0.2) is 0 Å². The van der Waals surface area contributed by atoms with E-state index in [4.69, 9.17) is 9.47 Å². The van der Waals surface area contributed by atoms with Gasteiger partial charge in [-0.2, -0.15) is 0 Å². The van der Waals surface area contributed by atoms with Crippen LogP contribution in [0.25, 0.3) is 0 Å². The molecule has 57 heavy (non-hydrogen) atoms. The second-order valence-corrected chi connectivity index (χ2v) is 18.1. The number of piperidine rings is 1. The average Bonchev–Trinajstić information content (AvgIpc) is 3.22. The van der Waals surface area contributed by atoms with Crippen molar-refractivity contribution < 1.29 is 24.2 Å². The van der Waals surface area contributed by atoms with E-state index >= 15 is 0 Å². The third-order valence-electron chi connectivity index (χ3n) is 13.0. The minimum absolute atomic E-state index is 0.0638. The SMILES string of the molecule is CCCCCCCCC(CCCCCC)C(=O)OCCCCCC1CCCC(CCCCCOC(=O)C(CCCCCC)CCCCCCCC)N1CCCCO. The molecule has 4 atom stereocenters. The highest BCUT2D eigenvalue weighted by atomic mass is 16.5. The average molecular weight is 806 g/mol. The molecule has 0 aliphatic carbocycles. The zero-order valence-corrected chi connectivity index (χ0v) is 38.8. The van der Waals surface area contributed by atoms with Crippen LogP contribution < -0.4 is 0 Å². The van der Waals surface area contributed by atoms with E-state index in [-0.39, 0.29) is 30.4 Å². The Morgan fingerprint density at radius 3 is 1.21 bits per heavy atom. The van der Waals surface area contributed by atoms with E-state index in [1.165, 1.54) is 148 Å². The van der Waals surface area contributed by atoms with Gasteiger partial charge < -0.3 is 14.6 Å². The number of unbranched alkanes of at least 4 members (excludes halogenated alkanes) is 21. The summed E-state index contributed by atoms with van der Waals surface area (Å²) in [6.45, 7) is 11.5. The van der Waals surface area contributed by atoms with Crippen molar-refractivity contribution in [1.82, 2.24) is 4.90 Å². The van der Waals surface area contributed by atoms with Crippen molar-refractivity contribution in [2.45, 2.75) is 277 Å². The first kappa shape index (κ1) is 53.9. The van der Waals surface area contributed by atoms with E-state index < -0.39 is 0 Å². The van der Waals surface area contributed by atoms with Crippen molar-refractivity contribution in [2.24, 2.45) is 11.8 Å². The quantitative estimate of drug-likeness (QED) is 0.0489. The third-order valence-corrected chi connectivity index (χ3v) is 13.0. The normalized spacial score (nSPS) is 17.1. The second-order valence-electron chi connectivity index (χ2n) is 18.1. The van der Waals surface area contributed by atoms with Gasteiger partial charge in [0, 0.05) is 18.7 Å². The van der Waals surface area contributed by atoms with E-state index in [0.29, 0.717) is 25.3 Å². The van der Waals surface area contributed by atoms with Gasteiger partial charge in [-0.1, -0.05) is 188 Å². The number of ether oxygens (including phenoxy) is 2. The standard InChI is InChI=1S/C51H99NO5/c1-5-9-13-17-19-25-36-46(34-23-15-11-7-3)50(54)56-44-31-21-27-38-48-40-33-41-49(52(48)42-29-30-43-53)39-28-22-32-45-57-51(55)47(35-24-16-12-8-4)37-26-20-18-14-10-6-2/h46-49,53H,5-45H2,1-4H3. The second kappa shape index (κ2) is 40.3. The highest BCUT2D eigenvalue weighted by Crippen LogP contribution is 2.30. The number of hydrogen-bond acceptors (Lipinski definition) is 6. The first-order chi connectivity index (χ1) is 28.0. The minimum atomic E-state index is 0.0638. The van der Waals surface area contributed by atoms with Crippen molar-refractivity contribution in [3.05, 3.63) is 0 Å². The number of aliphatic hydroxyl groups excluding tert-OH is 1. The predicted octanol–water partition coefficient (Wildman–Crippen LogP) is 14.9. The molecule has 0 spiro atoms. The fraction of sp³-hybridized carbons (Fsp3) is 0.961. The molecule has 0 aromatic heterocycles. The molecule has 1 saturated heterocycles. The summed E-state index contributed by atoms with van der Waals surface area (Å²) in [5, 5.41) is 9.52. The number of carbonyl (C=O) groups is 2. The summed E-state index contributed by atoms with van der Waals surface area (Å²) in [6, 6.07) is 1.24. The Bertz CT molecular complexity index is 818. The minimum Gasteiger partial charge on any atom is -0.465 e. The van der Waals surface area contributed by atoms with Crippen molar-refractivity contribution >= 4 is 11.9 Å². The van der Waals surface area contributed by atoms with Crippen LogP contribution in [0, 0.1) is 11.8 Å². The maximum atomic E-state index is 13.1. The number of esters is 2. The molecular weight excluding hydrogens is 707 g/mol. The van der Waals surface area contributed by atoms with Crippen LogP contribution in [-0.4, -0.2) is 60.4 Å². The number of carbonyl (C=O) groups excluding carboxylic acids is 2. The topological polar surface area (TPSA) is 76.1 Å². The maximum Gasteiger partial charge on any atom is 0.308 e. The molecule has 0 amide bonds. The van der Waals surface area contributed by atoms with Crippen molar-refractivity contribution in [2.75, 3.05) is 26.4 Å². The third kappa shape index (κ3) is 29.7. The van der Waals surface area contributed by atoms with Gasteiger partial charge in [0.15, 0.2) is 0 Å². The fourth-order valence-corrected chi connectivity index (χ4v) is 9.25. The lowest BCUT2D eigenvalue weighted by Gasteiger charge is -2.43. The summed E-state index contributed by atoms with van der Waals surface area (Å²) in [5.74, 6) is 0.307. The van der Waals surface area contributed by atoms with Crippen LogP contribution in [-0.2, 0) is 19.1 Å². The number of hydrogen-bond donors (Lipinski definition) is 1. The molecule has 0 saturated carbocycles. The molecule has 338 valence electrons. The van der Waals surface area contributed by atoms with Gasteiger partial charge >= 0.3 is 11.9 Å². The Kier molecular flexibility index (Phi) is 38.1. The Labute approximate surface area is 355 Å². The summed E-state index contributed by atoms with van der Waals surface area (Å²) in [6.07, 6.45) is 43.7. The molecule has 0 aromatic carbocycles. The Balaban J connectivity index is 2.47. The first-order valence-corrected chi connectivity index (χ1v) is 25.7. The zero-order chi connectivity index (χ0) is 41.4. The van der Waals surface area contributed by atoms with Crippen LogP contribution in [0.2, 0.25) is 0 Å². The van der Waals surface area contributed by atoms with Crippen molar-refractivity contribution in [3.63, 3.8) is 0 Å². The van der Waals surface area contributed by atoms with Crippen molar-refractivity contribution in [1.29, 1.82) is 0 Å². The Hall–Kier alpha value is -1.14. The molecule has 1 N–H and O–H groups in total. The summed E-state index contributed by atoms with van der Waals surface area (Å²) >= 11 is 0. The Morgan fingerprint density at radius 2 is 0.825 bits per heavy atom. The van der Waals surface area contributed by atoms with Crippen LogP contribution >= 0.6 is 0 Å². The van der Waals surface area contributed by atoms with Crippen LogP contribution in [0.5, 0.6) is 0 Å². The summed E-state index contributed by atoms with van der Waals surface area (Å²) in [4.78, 5) is 29.0. The van der Waals surface area contributed by atoms with E-state index in [0.717, 1.165) is 96.4 Å². The monoisotopic (exact) mass is 806 g/mol. The smallest absolute Gasteiger partial charge is 0.308 e. The summed E-state index contributed by atoms with van der Waals surface area (Å²) in [5.41, 5.74) is 0. The predicted molar refractivity (Wildman–Crippen MR) is 244 cm³/mol. The number of likely N-dealkylation sites (tertiary alicyclic amines) is 1. The number of aliphatic hydroxyl groups is 1. The molecule has 1 rings (SSSR count). The van der Waals surface area contributed by atoms with Crippen LogP contribution in [0.3, 0.4) is 0 Å². The molecular formula is C51H99NO5. The Morgan fingerprint density at radius 1 is 0.474 bits per heavy atom. The van der Waals surface area contributed by atoms with Gasteiger partial charge in [0.05, 0.1) is 25.0 Å². The molecule has 1 aliphatic heterocycles. The van der Waals surface area contributed by atoms with Gasteiger partial charge in [0.1, 0.15) is 0 Å². The van der Waals surface area contributed by atoms with E-state index in [1.807, 2.05) is 0 Å². The number of nitrogens with zero attached hydrogens (tertiary/aromatic N) is 1. The lowest BCUT2D eigenvalue weighted by molar-refractivity contribution is -0.150. The lowest BCUT2D eigenvalue weighted by Crippen LogP contribution is -2.47. The van der Waals surface area contributed by atoms with Gasteiger partial charge in [-0.15, -0.1) is 0 Å². The van der Waals surface area contributed by atoms with E-state index in [2.05, 4.69) is 32.6 Å². The molecule has 4 unspecified atom stereocenters. The molecule has 1 heterocycles. The molecule has 0 radical (unpaired) electrons. The maximum absolute atomic E-state index is 13.1. The molecule has 6 nitrogen and oxygen atoms in total. The van der Waals surface area contributed by atoms with Gasteiger partial charge in [-0.05, 0) is 83.6 Å². The van der Waals surface area contributed by atoms with Crippen LogP contribution in [0.4, 0.5) is 0 Å². The van der Waals surface area contributed by atoms with Crippen LogP contribution in [0.1, 0.15) is 265 Å². The highest BCUT2D eigenvalue weighted by molar-refractivity contribution is 5.72. The lowest BCUT2D eigenvalue weighted by atomic mass is 9.89. The molecule has 1 aliphatic rings. The molecule has 0 aromatic rings. The summed E-state index contributed by atoms with van der Waals surface area (Å²) in [7, 11) is 0. The van der Waals surface area contributed by atoms with Gasteiger partial charge in [0.25, 0.3) is 0 Å². The first-order valence-electron chi connectivity index (χ1n) is 25.7. The van der Waals surface area contributed by atoms with E-state index in [1.54, 1.807) is 0 Å². The molecule has 6 heteroatoms. The van der Waals surface area contributed by atoms with Crippen molar-refractivity contribution in [3.8, 4) is 0 Å². The molecule has 1 fully saturated rings. The van der Waals surface area contributed by atoms with Crippen LogP contribution in [0.15, 0.2) is 0 Å². The fourth-order valence-electron chi connectivity index (χ4n) is 9.25. The largest absolute Gasteiger partial charge is 0.465 e. The zero-order valence-electron chi connectivity index (χ0n) is 38.8. The number of rotatable bonds is 42. The van der Waals surface area contributed by atoms with E-state index in [9.17, 15) is 14.7 Å². The molecule has 0 bridgehead atoms. The highest BCUT2D eigenvalue weighted by Gasteiger charge is 2.29. The summed E-state index contributed by atoms with van der Waals surface area (Å²) < 4.78 is 11.8.